The zero-order chi connectivity index (χ0) is 10.8. The van der Waals surface area contributed by atoms with Gasteiger partial charge in [-0.1, -0.05) is 30.3 Å². The van der Waals surface area contributed by atoms with Crippen molar-refractivity contribution in [2.75, 3.05) is 19.6 Å². The Morgan fingerprint density at radius 3 is 2.75 bits per heavy atom. The molecule has 2 fully saturated rings. The largest absolute Gasteiger partial charge is 0.310 e. The average molecular weight is 216 g/mol. The third-order valence-electron chi connectivity index (χ3n) is 3.78. The summed E-state index contributed by atoms with van der Waals surface area (Å²) < 4.78 is 0. The number of nitrogens with one attached hydrogen (secondary N) is 1. The van der Waals surface area contributed by atoms with Crippen LogP contribution in [0.1, 0.15) is 24.8 Å². The minimum Gasteiger partial charge on any atom is -0.310 e. The number of nitrogens with zero attached hydrogens (tertiary/aromatic N) is 1. The van der Waals surface area contributed by atoms with Crippen LogP contribution in [0, 0.1) is 0 Å². The zero-order valence-corrected chi connectivity index (χ0v) is 9.78. The first-order valence-electron chi connectivity index (χ1n) is 6.38. The Kier molecular flexibility index (Phi) is 2.70. The van der Waals surface area contributed by atoms with Crippen molar-refractivity contribution in [3.63, 3.8) is 0 Å². The van der Waals surface area contributed by atoms with E-state index in [4.69, 9.17) is 0 Å². The molecule has 1 saturated heterocycles. The second-order valence-corrected chi connectivity index (χ2v) is 5.26. The van der Waals surface area contributed by atoms with Crippen LogP contribution < -0.4 is 5.32 Å². The van der Waals surface area contributed by atoms with Gasteiger partial charge < -0.3 is 5.32 Å². The summed E-state index contributed by atoms with van der Waals surface area (Å²) in [6.07, 6.45) is 4.03. The molecule has 2 heteroatoms. The van der Waals surface area contributed by atoms with Crippen molar-refractivity contribution < 1.29 is 0 Å². The van der Waals surface area contributed by atoms with Crippen molar-refractivity contribution in [2.24, 2.45) is 0 Å². The lowest BCUT2D eigenvalue weighted by atomic mass is 10.2. The highest BCUT2D eigenvalue weighted by atomic mass is 15.2. The van der Waals surface area contributed by atoms with Crippen molar-refractivity contribution in [3.05, 3.63) is 35.9 Å². The maximum Gasteiger partial charge on any atom is 0.0310 e. The molecular weight excluding hydrogens is 196 g/mol. The van der Waals surface area contributed by atoms with E-state index in [1.165, 1.54) is 44.5 Å². The Balaban J connectivity index is 1.65. The van der Waals surface area contributed by atoms with Gasteiger partial charge in [-0.2, -0.15) is 0 Å². The van der Waals surface area contributed by atoms with E-state index in [1.807, 2.05) is 0 Å². The molecule has 1 aliphatic heterocycles. The molecule has 0 amide bonds. The standard InChI is InChI=1S/C14H20N2/c1-2-5-13(6-3-1)11-16-10-4-9-15-14(12-16)7-8-14/h1-3,5-6,15H,4,7-12H2. The second kappa shape index (κ2) is 4.19. The molecule has 0 aromatic heterocycles. The quantitative estimate of drug-likeness (QED) is 0.813. The summed E-state index contributed by atoms with van der Waals surface area (Å²) >= 11 is 0. The molecule has 1 saturated carbocycles. The normalized spacial score (nSPS) is 24.2. The van der Waals surface area contributed by atoms with E-state index in [-0.39, 0.29) is 0 Å². The minimum absolute atomic E-state index is 0.491. The summed E-state index contributed by atoms with van der Waals surface area (Å²) in [5, 5.41) is 3.71. The van der Waals surface area contributed by atoms with Crippen molar-refractivity contribution in [1.82, 2.24) is 10.2 Å². The molecule has 0 atom stereocenters. The van der Waals surface area contributed by atoms with Gasteiger partial charge in [0.05, 0.1) is 0 Å². The van der Waals surface area contributed by atoms with Crippen LogP contribution in [0.15, 0.2) is 30.3 Å². The Hall–Kier alpha value is -0.860. The van der Waals surface area contributed by atoms with Gasteiger partial charge in [0.2, 0.25) is 0 Å². The fourth-order valence-electron chi connectivity index (χ4n) is 2.68. The highest BCUT2D eigenvalue weighted by Gasteiger charge is 2.44. The minimum atomic E-state index is 0.491. The summed E-state index contributed by atoms with van der Waals surface area (Å²) in [7, 11) is 0. The molecule has 2 nitrogen and oxygen atoms in total. The first-order chi connectivity index (χ1) is 7.86. The van der Waals surface area contributed by atoms with Gasteiger partial charge >= 0.3 is 0 Å². The molecule has 1 aromatic rings. The Labute approximate surface area is 97.6 Å². The van der Waals surface area contributed by atoms with E-state index in [2.05, 4.69) is 40.5 Å². The molecule has 1 N–H and O–H groups in total. The van der Waals surface area contributed by atoms with Crippen molar-refractivity contribution in [2.45, 2.75) is 31.3 Å². The van der Waals surface area contributed by atoms with E-state index >= 15 is 0 Å². The number of rotatable bonds is 2. The fourth-order valence-corrected chi connectivity index (χ4v) is 2.68. The number of hydrogen-bond donors (Lipinski definition) is 1. The summed E-state index contributed by atoms with van der Waals surface area (Å²) in [5.41, 5.74) is 1.94. The summed E-state index contributed by atoms with van der Waals surface area (Å²) in [5.74, 6) is 0. The van der Waals surface area contributed by atoms with Crippen LogP contribution in [-0.4, -0.2) is 30.1 Å². The van der Waals surface area contributed by atoms with Crippen molar-refractivity contribution >= 4 is 0 Å². The second-order valence-electron chi connectivity index (χ2n) is 5.26. The van der Waals surface area contributed by atoms with Crippen LogP contribution in [0.5, 0.6) is 0 Å². The molecule has 0 bridgehead atoms. The van der Waals surface area contributed by atoms with Crippen LogP contribution in [-0.2, 0) is 6.54 Å². The van der Waals surface area contributed by atoms with Crippen LogP contribution in [0.2, 0.25) is 0 Å². The number of hydrogen-bond acceptors (Lipinski definition) is 2. The SMILES string of the molecule is c1ccc(CN2CCCNC3(CC3)C2)cc1. The maximum absolute atomic E-state index is 3.71. The first-order valence-corrected chi connectivity index (χ1v) is 6.38. The van der Waals surface area contributed by atoms with Gasteiger partial charge in [-0.3, -0.25) is 4.90 Å². The molecule has 0 radical (unpaired) electrons. The summed E-state index contributed by atoms with van der Waals surface area (Å²) in [6, 6.07) is 10.8. The van der Waals surface area contributed by atoms with E-state index < -0.39 is 0 Å². The van der Waals surface area contributed by atoms with Crippen LogP contribution >= 0.6 is 0 Å². The van der Waals surface area contributed by atoms with Gasteiger partial charge in [0.25, 0.3) is 0 Å². The van der Waals surface area contributed by atoms with E-state index in [0.29, 0.717) is 5.54 Å². The molecule has 0 unspecified atom stereocenters. The van der Waals surface area contributed by atoms with Gasteiger partial charge in [0, 0.05) is 18.6 Å². The molecule has 16 heavy (non-hydrogen) atoms. The van der Waals surface area contributed by atoms with Gasteiger partial charge in [-0.25, -0.2) is 0 Å². The third kappa shape index (κ3) is 2.28. The van der Waals surface area contributed by atoms with E-state index in [1.54, 1.807) is 0 Å². The Morgan fingerprint density at radius 1 is 1.19 bits per heavy atom. The van der Waals surface area contributed by atoms with Gasteiger partial charge in [0.1, 0.15) is 0 Å². The fraction of sp³-hybridized carbons (Fsp3) is 0.571. The molecule has 1 aliphatic carbocycles. The highest BCUT2D eigenvalue weighted by molar-refractivity contribution is 5.15. The first kappa shape index (κ1) is 10.3. The highest BCUT2D eigenvalue weighted by Crippen LogP contribution is 2.37. The molecule has 1 aromatic carbocycles. The summed E-state index contributed by atoms with van der Waals surface area (Å²) in [4.78, 5) is 2.61. The smallest absolute Gasteiger partial charge is 0.0310 e. The Bertz CT molecular complexity index is 343. The maximum atomic E-state index is 3.71. The lowest BCUT2D eigenvalue weighted by molar-refractivity contribution is 0.253. The van der Waals surface area contributed by atoms with Crippen LogP contribution in [0.3, 0.4) is 0 Å². The summed E-state index contributed by atoms with van der Waals surface area (Å²) in [6.45, 7) is 4.79. The lowest BCUT2D eigenvalue weighted by Gasteiger charge is -2.24. The topological polar surface area (TPSA) is 15.3 Å². The molecule has 86 valence electrons. The van der Waals surface area contributed by atoms with Crippen LogP contribution in [0.25, 0.3) is 0 Å². The predicted octanol–water partition coefficient (Wildman–Crippen LogP) is 2.01. The van der Waals surface area contributed by atoms with E-state index in [0.717, 1.165) is 6.54 Å². The predicted molar refractivity (Wildman–Crippen MR) is 66.3 cm³/mol. The van der Waals surface area contributed by atoms with Gasteiger partial charge in [-0.15, -0.1) is 0 Å². The Morgan fingerprint density at radius 2 is 2.00 bits per heavy atom. The average Bonchev–Trinajstić information content (AvgIpc) is 3.09. The van der Waals surface area contributed by atoms with E-state index in [9.17, 15) is 0 Å². The number of benzene rings is 1. The van der Waals surface area contributed by atoms with Gasteiger partial charge in [-0.05, 0) is 37.9 Å². The monoisotopic (exact) mass is 216 g/mol. The molecule has 3 rings (SSSR count). The third-order valence-corrected chi connectivity index (χ3v) is 3.78. The van der Waals surface area contributed by atoms with Crippen molar-refractivity contribution in [1.29, 1.82) is 0 Å². The van der Waals surface area contributed by atoms with Crippen molar-refractivity contribution in [3.8, 4) is 0 Å². The molecule has 1 heterocycles. The zero-order valence-electron chi connectivity index (χ0n) is 9.78. The lowest BCUT2D eigenvalue weighted by Crippen LogP contribution is -2.39. The molecule has 2 aliphatic rings. The molecule has 1 spiro atoms. The molecular formula is C14H20N2. The van der Waals surface area contributed by atoms with Gasteiger partial charge in [0.15, 0.2) is 0 Å². The van der Waals surface area contributed by atoms with Crippen LogP contribution in [0.4, 0.5) is 0 Å².